The van der Waals surface area contributed by atoms with Crippen molar-refractivity contribution in [3.05, 3.63) is 40.1 Å². The maximum atomic E-state index is 12.7. The molecule has 0 bridgehead atoms. The number of carbonyl (C=O) groups is 1. The molecule has 0 amide bonds. The molecule has 0 saturated heterocycles. The lowest BCUT2D eigenvalue weighted by Crippen LogP contribution is -2.12. The molecular weight excluding hydrogens is 403 g/mol. The first-order valence-corrected chi connectivity index (χ1v) is 8.32. The number of aromatic hydroxyl groups is 2. The Morgan fingerprint density at radius 3 is 2.50 bits per heavy atom. The average Bonchev–Trinajstić information content (AvgIpc) is 2.75. The molecule has 2 rings (SSSR count). The van der Waals surface area contributed by atoms with Crippen LogP contribution in [-0.2, 0) is 15.7 Å². The van der Waals surface area contributed by atoms with Gasteiger partial charge in [0.15, 0.2) is 0 Å². The number of anilines is 1. The maximum Gasteiger partial charge on any atom is 0.419 e. The second kappa shape index (κ2) is 8.01. The molecule has 7 nitrogen and oxygen atoms in total. The third-order valence-electron chi connectivity index (χ3n) is 3.52. The normalized spacial score (nSPS) is 12.0. The lowest BCUT2D eigenvalue weighted by atomic mass is 10.2. The molecule has 11 heteroatoms. The van der Waals surface area contributed by atoms with E-state index in [1.165, 1.54) is 13.0 Å². The zero-order chi connectivity index (χ0) is 21.2. The molecule has 0 saturated carbocycles. The Morgan fingerprint density at radius 1 is 1.32 bits per heavy atom. The molecule has 0 aromatic carbocycles. The van der Waals surface area contributed by atoms with Gasteiger partial charge in [-0.2, -0.15) is 17.8 Å². The average molecular weight is 420 g/mol. The fourth-order valence-electron chi connectivity index (χ4n) is 2.23. The van der Waals surface area contributed by atoms with Gasteiger partial charge in [0.1, 0.15) is 11.0 Å². The summed E-state index contributed by atoms with van der Waals surface area (Å²) in [5, 5.41) is 19.7. The summed E-state index contributed by atoms with van der Waals surface area (Å²) in [5.41, 5.74) is 1.63. The molecule has 3 N–H and O–H groups in total. The van der Waals surface area contributed by atoms with Gasteiger partial charge in [-0.05, 0) is 39.0 Å². The van der Waals surface area contributed by atoms with Crippen LogP contribution in [0.4, 0.5) is 19.0 Å². The quantitative estimate of drug-likeness (QED) is 0.383. The Morgan fingerprint density at radius 2 is 1.96 bits per heavy atom. The summed E-state index contributed by atoms with van der Waals surface area (Å²) in [6.45, 7) is 4.81. The first kappa shape index (κ1) is 21.4. The molecule has 0 fully saturated rings. The number of pyridine rings is 1. The summed E-state index contributed by atoms with van der Waals surface area (Å²) in [4.78, 5) is 15.2. The molecule has 0 unspecified atom stereocenters. The molecule has 0 atom stereocenters. The van der Waals surface area contributed by atoms with Gasteiger partial charge in [-0.3, -0.25) is 5.43 Å². The van der Waals surface area contributed by atoms with Crippen LogP contribution in [0.3, 0.4) is 0 Å². The summed E-state index contributed by atoms with van der Waals surface area (Å²) < 4.78 is 44.0. The van der Waals surface area contributed by atoms with Gasteiger partial charge in [-0.25, -0.2) is 9.78 Å². The number of alkyl halides is 3. The Bertz CT molecular complexity index is 923. The molecule has 2 aromatic heterocycles. The number of hydrogen-bond acceptors (Lipinski definition) is 6. The van der Waals surface area contributed by atoms with E-state index >= 15 is 0 Å². The van der Waals surface area contributed by atoms with Gasteiger partial charge >= 0.3 is 12.1 Å². The van der Waals surface area contributed by atoms with Crippen molar-refractivity contribution in [3.8, 4) is 11.8 Å². The van der Waals surface area contributed by atoms with Gasteiger partial charge in [0.2, 0.25) is 11.8 Å². The van der Waals surface area contributed by atoms with Crippen molar-refractivity contribution in [1.29, 1.82) is 0 Å². The van der Waals surface area contributed by atoms with Crippen LogP contribution in [-0.4, -0.2) is 31.9 Å². The minimum Gasteiger partial charge on any atom is -0.493 e. The van der Waals surface area contributed by atoms with Crippen molar-refractivity contribution in [2.24, 2.45) is 0 Å². The molecule has 0 spiro atoms. The first-order chi connectivity index (χ1) is 12.9. The van der Waals surface area contributed by atoms with Crippen molar-refractivity contribution in [3.63, 3.8) is 0 Å². The monoisotopic (exact) mass is 419 g/mol. The van der Waals surface area contributed by atoms with Crippen LogP contribution in [0.1, 0.15) is 30.5 Å². The Balaban J connectivity index is 2.32. The summed E-state index contributed by atoms with van der Waals surface area (Å²) >= 11 is 5.55. The molecule has 0 aliphatic heterocycles. The van der Waals surface area contributed by atoms with E-state index in [9.17, 15) is 28.2 Å². The maximum absolute atomic E-state index is 12.7. The topological polar surface area (TPSA) is 96.6 Å². The van der Waals surface area contributed by atoms with Gasteiger partial charge < -0.3 is 14.9 Å². The van der Waals surface area contributed by atoms with Crippen LogP contribution >= 0.6 is 11.6 Å². The number of ether oxygens (including phenoxy) is 1. The molecule has 2 heterocycles. The van der Waals surface area contributed by atoms with Crippen molar-refractivity contribution in [2.75, 3.05) is 5.43 Å². The van der Waals surface area contributed by atoms with E-state index in [2.05, 4.69) is 10.4 Å². The second-order valence-electron chi connectivity index (χ2n) is 5.98. The summed E-state index contributed by atoms with van der Waals surface area (Å²) in [7, 11) is 0. The Hall–Kier alpha value is -2.88. The fourth-order valence-corrected chi connectivity index (χ4v) is 2.49. The van der Waals surface area contributed by atoms with Crippen LogP contribution in [0.25, 0.3) is 6.08 Å². The molecular formula is C17H17ClF3N3O4. The third kappa shape index (κ3) is 4.69. The predicted octanol–water partition coefficient (Wildman–Crippen LogP) is 4.11. The SMILES string of the molecule is Cc1c(/C=C/C(=O)OC(C)C)c(O)n(Nc2ccc(C(F)(F)F)c(Cl)n2)c1O. The fraction of sp³-hybridized carbons (Fsp3) is 0.294. The van der Waals surface area contributed by atoms with Gasteiger partial charge in [-0.15, -0.1) is 0 Å². The molecule has 0 aliphatic carbocycles. The van der Waals surface area contributed by atoms with E-state index in [4.69, 9.17) is 16.3 Å². The van der Waals surface area contributed by atoms with Crippen molar-refractivity contribution in [2.45, 2.75) is 33.1 Å². The van der Waals surface area contributed by atoms with Gasteiger partial charge in [0.25, 0.3) is 0 Å². The highest BCUT2D eigenvalue weighted by Crippen LogP contribution is 2.36. The number of nitrogens with one attached hydrogen (secondary N) is 1. The van der Waals surface area contributed by atoms with Gasteiger partial charge in [0, 0.05) is 17.2 Å². The highest BCUT2D eigenvalue weighted by Gasteiger charge is 2.34. The number of rotatable bonds is 5. The smallest absolute Gasteiger partial charge is 0.419 e. The molecule has 0 aliphatic rings. The lowest BCUT2D eigenvalue weighted by Gasteiger charge is -2.12. The van der Waals surface area contributed by atoms with Crippen LogP contribution in [0.15, 0.2) is 18.2 Å². The highest BCUT2D eigenvalue weighted by molar-refractivity contribution is 6.30. The standard InChI is InChI=1S/C17H17ClF3N3O4/c1-8(2)28-13(25)7-4-10-9(3)15(26)24(16(10)27)23-12-6-5-11(14(18)22-12)17(19,20)21/h4-8,26-27H,1-3H3,(H,22,23)/b7-4+. The number of carbonyl (C=O) groups excluding carboxylic acids is 1. The third-order valence-corrected chi connectivity index (χ3v) is 3.81. The predicted molar refractivity (Wildman–Crippen MR) is 96.0 cm³/mol. The Kier molecular flexibility index (Phi) is 6.13. The first-order valence-electron chi connectivity index (χ1n) is 7.94. The van der Waals surface area contributed by atoms with Crippen LogP contribution in [0.2, 0.25) is 5.15 Å². The number of nitrogens with zero attached hydrogens (tertiary/aromatic N) is 2. The van der Waals surface area contributed by atoms with Gasteiger partial charge in [-0.1, -0.05) is 11.6 Å². The summed E-state index contributed by atoms with van der Waals surface area (Å²) in [5.74, 6) is -1.74. The zero-order valence-electron chi connectivity index (χ0n) is 15.0. The summed E-state index contributed by atoms with van der Waals surface area (Å²) in [6.07, 6.45) is -2.69. The van der Waals surface area contributed by atoms with Crippen molar-refractivity contribution >= 4 is 29.5 Å². The number of hydrogen-bond donors (Lipinski definition) is 3. The largest absolute Gasteiger partial charge is 0.493 e. The minimum absolute atomic E-state index is 0.101. The van der Waals surface area contributed by atoms with E-state index in [1.54, 1.807) is 13.8 Å². The number of esters is 1. The molecule has 2 aromatic rings. The number of halogens is 4. The van der Waals surface area contributed by atoms with Gasteiger partial charge in [0.05, 0.1) is 11.7 Å². The van der Waals surface area contributed by atoms with Crippen LogP contribution in [0.5, 0.6) is 11.8 Å². The summed E-state index contributed by atoms with van der Waals surface area (Å²) in [6, 6.07) is 1.70. The highest BCUT2D eigenvalue weighted by atomic mass is 35.5. The van der Waals surface area contributed by atoms with E-state index < -0.39 is 34.6 Å². The molecule has 0 radical (unpaired) electrons. The second-order valence-corrected chi connectivity index (χ2v) is 6.34. The Labute approximate surface area is 163 Å². The van der Waals surface area contributed by atoms with E-state index in [0.29, 0.717) is 6.07 Å². The van der Waals surface area contributed by atoms with E-state index in [0.717, 1.165) is 16.8 Å². The minimum atomic E-state index is -4.67. The number of aromatic nitrogens is 2. The van der Waals surface area contributed by atoms with E-state index in [-0.39, 0.29) is 23.0 Å². The van der Waals surface area contributed by atoms with Crippen LogP contribution < -0.4 is 5.43 Å². The van der Waals surface area contributed by atoms with Crippen molar-refractivity contribution < 1.29 is 32.9 Å². The van der Waals surface area contributed by atoms with Crippen molar-refractivity contribution in [1.82, 2.24) is 9.66 Å². The molecule has 152 valence electrons. The lowest BCUT2D eigenvalue weighted by molar-refractivity contribution is -0.141. The van der Waals surface area contributed by atoms with E-state index in [1.807, 2.05) is 0 Å². The van der Waals surface area contributed by atoms with Crippen LogP contribution in [0, 0.1) is 6.92 Å². The zero-order valence-corrected chi connectivity index (χ0v) is 15.8. The molecule has 28 heavy (non-hydrogen) atoms.